The molecule has 0 bridgehead atoms. The molecule has 0 aliphatic carbocycles. The smallest absolute Gasteiger partial charge is 0.0490 e. The summed E-state index contributed by atoms with van der Waals surface area (Å²) in [5.74, 6) is 0. The molecule has 2 aliphatic heterocycles. The Morgan fingerprint density at radius 3 is 2.82 bits per heavy atom. The Bertz CT molecular complexity index is 155. The molecule has 0 amide bonds. The topological polar surface area (TPSA) is 39.3 Å². The Balaban J connectivity index is 0.000000720. The lowest BCUT2D eigenvalue weighted by atomic mass is 10.1. The normalized spacial score (nSPS) is 25.6. The fraction of sp³-hybridized carbons (Fsp3) is 0.714. The quantitative estimate of drug-likeness (QED) is 0.491. The third-order valence-electron chi connectivity index (χ3n) is 2.21. The Hall–Kier alpha value is -0.740. The summed E-state index contributed by atoms with van der Waals surface area (Å²) in [5, 5.41) is 5.48. The molecule has 3 N–H and O–H groups in total. The van der Waals surface area contributed by atoms with E-state index in [2.05, 4.69) is 27.5 Å². The highest BCUT2D eigenvalue weighted by Gasteiger charge is 2.19. The van der Waals surface area contributed by atoms with Crippen LogP contribution in [0.15, 0.2) is 12.4 Å². The lowest BCUT2D eigenvalue weighted by molar-refractivity contribution is 0.163. The zero-order valence-electron chi connectivity index (χ0n) is 6.51. The van der Waals surface area contributed by atoms with Crippen molar-refractivity contribution in [2.24, 2.45) is 0 Å². The van der Waals surface area contributed by atoms with Crippen molar-refractivity contribution in [1.29, 1.82) is 0 Å². The van der Waals surface area contributed by atoms with Gasteiger partial charge >= 0.3 is 0 Å². The van der Waals surface area contributed by atoms with Gasteiger partial charge in [0.1, 0.15) is 0 Å². The van der Waals surface area contributed by atoms with Crippen LogP contribution in [-0.4, -0.2) is 24.1 Å². The lowest BCUT2D eigenvalue weighted by Gasteiger charge is -2.30. The average molecular weight is 156 g/mol. The van der Waals surface area contributed by atoms with Crippen LogP contribution in [0.25, 0.3) is 0 Å². The van der Waals surface area contributed by atoms with E-state index in [0.717, 1.165) is 13.1 Å². The first kappa shape index (κ1) is 6.94. The van der Waals surface area contributed by atoms with Crippen LogP contribution in [0.3, 0.4) is 0 Å². The maximum absolute atomic E-state index is 3.34. The fourth-order valence-corrected chi connectivity index (χ4v) is 1.56. The van der Waals surface area contributed by atoms with Crippen LogP contribution >= 0.6 is 0 Å². The number of rotatable bonds is 1. The van der Waals surface area contributed by atoms with Crippen molar-refractivity contribution in [3.63, 3.8) is 0 Å². The van der Waals surface area contributed by atoms with Crippen LogP contribution in [0, 0.1) is 0 Å². The van der Waals surface area contributed by atoms with Crippen molar-refractivity contribution in [2.45, 2.75) is 18.9 Å². The monoisotopic (exact) mass is 156 g/mol. The largest absolute Gasteiger partial charge is 0.317 e. The van der Waals surface area contributed by atoms with Crippen LogP contribution in [0.4, 0.5) is 0 Å². The molecule has 1 saturated heterocycles. The maximum atomic E-state index is 3.34. The minimum Gasteiger partial charge on any atom is -0.317 e. The van der Waals surface area contributed by atoms with Crippen molar-refractivity contribution in [2.75, 3.05) is 13.1 Å². The predicted octanol–water partition coefficient (Wildman–Crippen LogP) is -0.220. The van der Waals surface area contributed by atoms with E-state index >= 15 is 0 Å². The van der Waals surface area contributed by atoms with Crippen LogP contribution in [0.1, 0.15) is 14.3 Å². The molecule has 0 aromatic rings. The number of hydrazine groups is 2. The average Bonchev–Trinajstić information content (AvgIpc) is 2.58. The summed E-state index contributed by atoms with van der Waals surface area (Å²) in [7, 11) is 0. The Kier molecular flexibility index (Phi) is 1.96. The highest BCUT2D eigenvalue weighted by molar-refractivity contribution is 4.88. The first-order valence-electron chi connectivity index (χ1n) is 4.14. The second-order valence-electron chi connectivity index (χ2n) is 2.96. The van der Waals surface area contributed by atoms with E-state index in [0.29, 0.717) is 6.04 Å². The van der Waals surface area contributed by atoms with Gasteiger partial charge in [0.2, 0.25) is 0 Å². The van der Waals surface area contributed by atoms with Gasteiger partial charge in [-0.2, -0.15) is 0 Å². The molecule has 0 atom stereocenters. The molecule has 0 radical (unpaired) electrons. The standard InChI is InChI=1S/C7H14N4.H2/c1-3-8-4-2-7(1)11-6-5-9-10-11;/h5-10H,1-4H2;1H. The van der Waals surface area contributed by atoms with E-state index < -0.39 is 0 Å². The number of hydrogen-bond donors (Lipinski definition) is 3. The summed E-state index contributed by atoms with van der Waals surface area (Å²) in [4.78, 5) is 0. The highest BCUT2D eigenvalue weighted by atomic mass is 15.7. The summed E-state index contributed by atoms with van der Waals surface area (Å²) < 4.78 is 0. The maximum Gasteiger partial charge on any atom is 0.0490 e. The number of hydrogen-bond acceptors (Lipinski definition) is 4. The van der Waals surface area contributed by atoms with Crippen molar-refractivity contribution in [3.8, 4) is 0 Å². The predicted molar refractivity (Wildman–Crippen MR) is 45.3 cm³/mol. The van der Waals surface area contributed by atoms with E-state index in [4.69, 9.17) is 0 Å². The highest BCUT2D eigenvalue weighted by Crippen LogP contribution is 2.10. The Morgan fingerprint density at radius 1 is 1.36 bits per heavy atom. The molecular formula is C7H16N4. The first-order valence-corrected chi connectivity index (χ1v) is 4.14. The summed E-state index contributed by atoms with van der Waals surface area (Å²) in [5.41, 5.74) is 6.02. The molecule has 2 rings (SSSR count). The van der Waals surface area contributed by atoms with E-state index in [9.17, 15) is 0 Å². The number of piperidine rings is 1. The lowest BCUT2D eigenvalue weighted by Crippen LogP contribution is -2.47. The van der Waals surface area contributed by atoms with E-state index in [-0.39, 0.29) is 1.43 Å². The first-order chi connectivity index (χ1) is 5.47. The van der Waals surface area contributed by atoms with E-state index in [1.807, 2.05) is 6.20 Å². The summed E-state index contributed by atoms with van der Waals surface area (Å²) in [6.45, 7) is 2.27. The van der Waals surface area contributed by atoms with Crippen molar-refractivity contribution in [3.05, 3.63) is 12.4 Å². The molecule has 0 aromatic heterocycles. The fourth-order valence-electron chi connectivity index (χ4n) is 1.56. The van der Waals surface area contributed by atoms with Gasteiger partial charge in [-0.3, -0.25) is 5.01 Å². The molecule has 0 saturated carbocycles. The minimum absolute atomic E-state index is 0. The second-order valence-corrected chi connectivity index (χ2v) is 2.96. The van der Waals surface area contributed by atoms with Crippen LogP contribution in [0.5, 0.6) is 0 Å². The summed E-state index contributed by atoms with van der Waals surface area (Å²) in [6.07, 6.45) is 6.41. The zero-order valence-corrected chi connectivity index (χ0v) is 6.51. The van der Waals surface area contributed by atoms with Gasteiger partial charge in [0.25, 0.3) is 0 Å². The molecule has 2 aliphatic rings. The molecule has 2 heterocycles. The molecule has 64 valence electrons. The second kappa shape index (κ2) is 3.11. The third kappa shape index (κ3) is 1.46. The molecule has 1 fully saturated rings. The molecule has 4 heteroatoms. The molecule has 0 aromatic carbocycles. The van der Waals surface area contributed by atoms with E-state index in [1.54, 1.807) is 0 Å². The summed E-state index contributed by atoms with van der Waals surface area (Å²) >= 11 is 0. The van der Waals surface area contributed by atoms with Gasteiger partial charge in [-0.05, 0) is 25.9 Å². The Morgan fingerprint density at radius 2 is 2.18 bits per heavy atom. The third-order valence-corrected chi connectivity index (χ3v) is 2.21. The van der Waals surface area contributed by atoms with Gasteiger partial charge in [-0.25, -0.2) is 0 Å². The van der Waals surface area contributed by atoms with Crippen molar-refractivity contribution >= 4 is 0 Å². The summed E-state index contributed by atoms with van der Waals surface area (Å²) in [6, 6.07) is 0.655. The van der Waals surface area contributed by atoms with Gasteiger partial charge < -0.3 is 10.7 Å². The van der Waals surface area contributed by atoms with E-state index in [1.165, 1.54) is 12.8 Å². The molecule has 0 spiro atoms. The van der Waals surface area contributed by atoms with Gasteiger partial charge in [0.05, 0.1) is 0 Å². The molecule has 0 unspecified atom stereocenters. The van der Waals surface area contributed by atoms with Gasteiger partial charge in [0.15, 0.2) is 0 Å². The number of nitrogens with zero attached hydrogens (tertiary/aromatic N) is 1. The van der Waals surface area contributed by atoms with Crippen LogP contribution in [0.2, 0.25) is 0 Å². The van der Waals surface area contributed by atoms with Gasteiger partial charge in [0, 0.05) is 19.9 Å². The minimum atomic E-state index is 0. The zero-order chi connectivity index (χ0) is 7.52. The van der Waals surface area contributed by atoms with Crippen LogP contribution < -0.4 is 16.3 Å². The van der Waals surface area contributed by atoms with Crippen LogP contribution in [-0.2, 0) is 0 Å². The van der Waals surface area contributed by atoms with Crippen molar-refractivity contribution in [1.82, 2.24) is 21.3 Å². The molecular weight excluding hydrogens is 140 g/mol. The van der Waals surface area contributed by atoms with Crippen molar-refractivity contribution < 1.29 is 1.43 Å². The molecule has 4 nitrogen and oxygen atoms in total. The van der Waals surface area contributed by atoms with Gasteiger partial charge in [-0.1, -0.05) is 0 Å². The Labute approximate surface area is 68.1 Å². The number of nitrogens with one attached hydrogen (secondary N) is 3. The van der Waals surface area contributed by atoms with Gasteiger partial charge in [-0.15, -0.1) is 5.53 Å². The SMILES string of the molecule is C1=CN(C2CCNCC2)NN1.[HH]. The molecule has 11 heavy (non-hydrogen) atoms.